The van der Waals surface area contributed by atoms with Crippen molar-refractivity contribution in [2.75, 3.05) is 7.11 Å². The minimum Gasteiger partial charge on any atom is -0.494 e. The fourth-order valence-electron chi connectivity index (χ4n) is 2.06. The summed E-state index contributed by atoms with van der Waals surface area (Å²) in [5, 5.41) is 0. The molecule has 1 aliphatic carbocycles. The molecule has 15 heavy (non-hydrogen) atoms. The molecule has 0 aliphatic heterocycles. The van der Waals surface area contributed by atoms with E-state index in [0.717, 1.165) is 18.4 Å². The van der Waals surface area contributed by atoms with Crippen molar-refractivity contribution in [2.45, 2.75) is 25.2 Å². The minimum atomic E-state index is -0.383. The summed E-state index contributed by atoms with van der Waals surface area (Å²) in [6.45, 7) is 0. The molecule has 80 valence electrons. The van der Waals surface area contributed by atoms with Gasteiger partial charge >= 0.3 is 0 Å². The SMILES string of the molecule is COc1cc(C2CCCC2=O)ccc1F. The summed E-state index contributed by atoms with van der Waals surface area (Å²) < 4.78 is 18.0. The molecule has 0 saturated heterocycles. The smallest absolute Gasteiger partial charge is 0.165 e. The van der Waals surface area contributed by atoms with E-state index in [2.05, 4.69) is 0 Å². The minimum absolute atomic E-state index is 0.0560. The number of hydrogen-bond donors (Lipinski definition) is 0. The van der Waals surface area contributed by atoms with Crippen molar-refractivity contribution in [1.29, 1.82) is 0 Å². The van der Waals surface area contributed by atoms with Gasteiger partial charge in [0.15, 0.2) is 11.6 Å². The lowest BCUT2D eigenvalue weighted by Gasteiger charge is -2.10. The van der Waals surface area contributed by atoms with Crippen LogP contribution in [0.1, 0.15) is 30.7 Å². The summed E-state index contributed by atoms with van der Waals surface area (Å²) in [6, 6.07) is 4.66. The summed E-state index contributed by atoms with van der Waals surface area (Å²) in [6.07, 6.45) is 2.45. The molecule has 1 atom stereocenters. The molecule has 1 aromatic rings. The second kappa shape index (κ2) is 4.01. The highest BCUT2D eigenvalue weighted by Crippen LogP contribution is 2.33. The Bertz CT molecular complexity index is 387. The Labute approximate surface area is 88.1 Å². The highest BCUT2D eigenvalue weighted by molar-refractivity contribution is 5.87. The molecule has 3 heteroatoms. The van der Waals surface area contributed by atoms with Gasteiger partial charge in [0.05, 0.1) is 7.11 Å². The maximum absolute atomic E-state index is 13.1. The van der Waals surface area contributed by atoms with Crippen LogP contribution < -0.4 is 4.74 Å². The molecule has 0 bridgehead atoms. The number of ether oxygens (including phenoxy) is 1. The van der Waals surface area contributed by atoms with Gasteiger partial charge in [0, 0.05) is 12.3 Å². The number of hydrogen-bond acceptors (Lipinski definition) is 2. The van der Waals surface area contributed by atoms with Gasteiger partial charge in [-0.1, -0.05) is 6.07 Å². The van der Waals surface area contributed by atoms with E-state index in [1.807, 2.05) is 0 Å². The maximum atomic E-state index is 13.1. The van der Waals surface area contributed by atoms with Crippen LogP contribution in [-0.4, -0.2) is 12.9 Å². The molecule has 1 unspecified atom stereocenters. The highest BCUT2D eigenvalue weighted by Gasteiger charge is 2.26. The van der Waals surface area contributed by atoms with Gasteiger partial charge in [-0.3, -0.25) is 4.79 Å². The average molecular weight is 208 g/mol. The lowest BCUT2D eigenvalue weighted by Crippen LogP contribution is -2.04. The molecule has 1 aromatic carbocycles. The Hall–Kier alpha value is -1.38. The summed E-state index contributed by atoms with van der Waals surface area (Å²) in [7, 11) is 1.43. The quantitative estimate of drug-likeness (QED) is 0.746. The van der Waals surface area contributed by atoms with Gasteiger partial charge < -0.3 is 4.74 Å². The maximum Gasteiger partial charge on any atom is 0.165 e. The molecular formula is C12H13FO2. The number of carbonyl (C=O) groups is 1. The van der Waals surface area contributed by atoms with Crippen LogP contribution in [0, 0.1) is 5.82 Å². The van der Waals surface area contributed by atoms with Gasteiger partial charge in [-0.25, -0.2) is 4.39 Å². The molecule has 0 aromatic heterocycles. The summed E-state index contributed by atoms with van der Waals surface area (Å²) in [5.74, 6) is 0.0297. The predicted molar refractivity (Wildman–Crippen MR) is 54.6 cm³/mol. The van der Waals surface area contributed by atoms with E-state index in [9.17, 15) is 9.18 Å². The normalized spacial score (nSPS) is 20.7. The standard InChI is InChI=1S/C12H13FO2/c1-15-12-7-8(5-6-10(12)13)9-3-2-4-11(9)14/h5-7,9H,2-4H2,1H3. The number of halogens is 1. The molecule has 2 rings (SSSR count). The van der Waals surface area contributed by atoms with Crippen molar-refractivity contribution in [3.63, 3.8) is 0 Å². The van der Waals surface area contributed by atoms with Crippen molar-refractivity contribution in [3.8, 4) is 5.75 Å². The third-order valence-electron chi connectivity index (χ3n) is 2.88. The molecule has 1 fully saturated rings. The number of benzene rings is 1. The molecule has 1 saturated carbocycles. The molecular weight excluding hydrogens is 195 g/mol. The average Bonchev–Trinajstić information content (AvgIpc) is 2.65. The zero-order valence-electron chi connectivity index (χ0n) is 8.63. The number of Topliss-reactive ketones (excluding diaryl/α,β-unsaturated/α-hetero) is 1. The lowest BCUT2D eigenvalue weighted by atomic mass is 9.96. The van der Waals surface area contributed by atoms with Gasteiger partial charge in [0.2, 0.25) is 0 Å². The van der Waals surface area contributed by atoms with E-state index < -0.39 is 0 Å². The summed E-state index contributed by atoms with van der Waals surface area (Å²) in [5.41, 5.74) is 0.871. The number of rotatable bonds is 2. The fraction of sp³-hybridized carbons (Fsp3) is 0.417. The number of carbonyl (C=O) groups excluding carboxylic acids is 1. The van der Waals surface area contributed by atoms with Crippen molar-refractivity contribution >= 4 is 5.78 Å². The van der Waals surface area contributed by atoms with Gasteiger partial charge in [0.25, 0.3) is 0 Å². The first kappa shape index (κ1) is 10.1. The second-order valence-electron chi connectivity index (χ2n) is 3.81. The Balaban J connectivity index is 2.32. The van der Waals surface area contributed by atoms with Crippen molar-refractivity contribution < 1.29 is 13.9 Å². The number of methoxy groups -OCH3 is 1. The zero-order chi connectivity index (χ0) is 10.8. The zero-order valence-corrected chi connectivity index (χ0v) is 8.63. The third-order valence-corrected chi connectivity index (χ3v) is 2.88. The van der Waals surface area contributed by atoms with E-state index in [4.69, 9.17) is 4.74 Å². The molecule has 0 amide bonds. The topological polar surface area (TPSA) is 26.3 Å². The van der Waals surface area contributed by atoms with Crippen LogP contribution in [0.5, 0.6) is 5.75 Å². The third kappa shape index (κ3) is 1.87. The first-order valence-corrected chi connectivity index (χ1v) is 5.08. The molecule has 0 heterocycles. The van der Waals surface area contributed by atoms with E-state index in [-0.39, 0.29) is 23.3 Å². The van der Waals surface area contributed by atoms with Crippen LogP contribution in [0.25, 0.3) is 0 Å². The summed E-state index contributed by atoms with van der Waals surface area (Å²) in [4.78, 5) is 11.5. The van der Waals surface area contributed by atoms with Gasteiger partial charge in [-0.15, -0.1) is 0 Å². The van der Waals surface area contributed by atoms with Crippen LogP contribution in [0.2, 0.25) is 0 Å². The van der Waals surface area contributed by atoms with Gasteiger partial charge in [-0.05, 0) is 30.5 Å². The van der Waals surface area contributed by atoms with Crippen LogP contribution in [-0.2, 0) is 4.79 Å². The van der Waals surface area contributed by atoms with Crippen LogP contribution in [0.3, 0.4) is 0 Å². The Morgan fingerprint density at radius 1 is 1.47 bits per heavy atom. The molecule has 2 nitrogen and oxygen atoms in total. The molecule has 0 N–H and O–H groups in total. The van der Waals surface area contributed by atoms with E-state index in [1.165, 1.54) is 13.2 Å². The lowest BCUT2D eigenvalue weighted by molar-refractivity contribution is -0.118. The van der Waals surface area contributed by atoms with Crippen molar-refractivity contribution in [1.82, 2.24) is 0 Å². The van der Waals surface area contributed by atoms with E-state index in [1.54, 1.807) is 12.1 Å². The first-order chi connectivity index (χ1) is 7.22. The fourth-order valence-corrected chi connectivity index (χ4v) is 2.06. The molecule has 0 spiro atoms. The monoisotopic (exact) mass is 208 g/mol. The van der Waals surface area contributed by atoms with E-state index >= 15 is 0 Å². The van der Waals surface area contributed by atoms with Crippen molar-refractivity contribution in [2.24, 2.45) is 0 Å². The summed E-state index contributed by atoms with van der Waals surface area (Å²) >= 11 is 0. The van der Waals surface area contributed by atoms with Crippen LogP contribution in [0.15, 0.2) is 18.2 Å². The first-order valence-electron chi connectivity index (χ1n) is 5.08. The van der Waals surface area contributed by atoms with Crippen molar-refractivity contribution in [3.05, 3.63) is 29.6 Å². The second-order valence-corrected chi connectivity index (χ2v) is 3.81. The van der Waals surface area contributed by atoms with Crippen LogP contribution in [0.4, 0.5) is 4.39 Å². The molecule has 0 radical (unpaired) electrons. The molecule has 1 aliphatic rings. The highest BCUT2D eigenvalue weighted by atomic mass is 19.1. The largest absolute Gasteiger partial charge is 0.494 e. The Morgan fingerprint density at radius 2 is 2.27 bits per heavy atom. The number of ketones is 1. The van der Waals surface area contributed by atoms with Gasteiger partial charge in [0.1, 0.15) is 5.78 Å². The van der Waals surface area contributed by atoms with Gasteiger partial charge in [-0.2, -0.15) is 0 Å². The van der Waals surface area contributed by atoms with Crippen LogP contribution >= 0.6 is 0 Å². The Kier molecular flexibility index (Phi) is 2.71. The Morgan fingerprint density at radius 3 is 2.87 bits per heavy atom. The van der Waals surface area contributed by atoms with E-state index in [0.29, 0.717) is 6.42 Å². The predicted octanol–water partition coefficient (Wildman–Crippen LogP) is 2.67.